The average molecular weight is 290 g/mol. The Kier molecular flexibility index (Phi) is 6.59. The molecule has 2 aromatic carbocycles. The highest BCUT2D eigenvalue weighted by atomic mass is 32.2. The van der Waals surface area contributed by atoms with E-state index >= 15 is 0 Å². The number of aryl methyl sites for hydroxylation is 1. The first-order valence-corrected chi connectivity index (χ1v) is 7.21. The van der Waals surface area contributed by atoms with Crippen molar-refractivity contribution in [3.05, 3.63) is 64.2 Å². The summed E-state index contributed by atoms with van der Waals surface area (Å²) in [5.41, 5.74) is 2.30. The third-order valence-electron chi connectivity index (χ3n) is 2.35. The predicted octanol–water partition coefficient (Wildman–Crippen LogP) is 5.05. The van der Waals surface area contributed by atoms with Crippen LogP contribution in [0.25, 0.3) is 0 Å². The van der Waals surface area contributed by atoms with Gasteiger partial charge in [0, 0.05) is 22.7 Å². The summed E-state index contributed by atoms with van der Waals surface area (Å²) in [6.45, 7) is 6.03. The van der Waals surface area contributed by atoms with E-state index in [1.165, 1.54) is 29.6 Å². The molecule has 2 aromatic rings. The molecule has 0 saturated heterocycles. The van der Waals surface area contributed by atoms with Crippen LogP contribution in [0.1, 0.15) is 19.4 Å². The quantitative estimate of drug-likeness (QED) is 0.486. The number of nitrogens with one attached hydrogen (secondary N) is 1. The van der Waals surface area contributed by atoms with E-state index in [4.69, 9.17) is 0 Å². The van der Waals surface area contributed by atoms with Gasteiger partial charge in [-0.3, -0.25) is 10.1 Å². The molecule has 0 saturated carbocycles. The fraction of sp³-hybridized carbons (Fsp3) is 0.200. The second-order valence-electron chi connectivity index (χ2n) is 3.82. The number of nitro groups is 1. The van der Waals surface area contributed by atoms with Gasteiger partial charge >= 0.3 is 0 Å². The maximum atomic E-state index is 10.5. The van der Waals surface area contributed by atoms with Crippen LogP contribution >= 0.6 is 11.9 Å². The number of anilines is 1. The van der Waals surface area contributed by atoms with Gasteiger partial charge in [-0.15, -0.1) is 0 Å². The minimum absolute atomic E-state index is 0.106. The van der Waals surface area contributed by atoms with Gasteiger partial charge in [0.2, 0.25) is 0 Å². The number of hydrogen-bond acceptors (Lipinski definition) is 4. The Morgan fingerprint density at radius 3 is 2.30 bits per heavy atom. The first-order chi connectivity index (χ1) is 9.65. The molecule has 106 valence electrons. The van der Waals surface area contributed by atoms with Gasteiger partial charge in [-0.2, -0.15) is 0 Å². The van der Waals surface area contributed by atoms with E-state index < -0.39 is 4.92 Å². The fourth-order valence-corrected chi connectivity index (χ4v) is 2.10. The van der Waals surface area contributed by atoms with Gasteiger partial charge in [0.05, 0.1) is 4.92 Å². The van der Waals surface area contributed by atoms with E-state index in [2.05, 4.69) is 4.72 Å². The SMILES string of the molecule is CC.Cc1cccc(NSc2ccc([N+](=O)[O-])cc2)c1. The zero-order valence-electron chi connectivity index (χ0n) is 11.8. The Hall–Kier alpha value is -2.01. The number of rotatable bonds is 4. The van der Waals surface area contributed by atoms with Crippen LogP contribution in [0.15, 0.2) is 53.4 Å². The molecule has 2 rings (SSSR count). The lowest BCUT2D eigenvalue weighted by Crippen LogP contribution is -1.89. The average Bonchev–Trinajstić information content (AvgIpc) is 2.48. The van der Waals surface area contributed by atoms with Gasteiger partial charge in [0.1, 0.15) is 0 Å². The third-order valence-corrected chi connectivity index (χ3v) is 3.20. The van der Waals surface area contributed by atoms with Crippen LogP contribution in [0.2, 0.25) is 0 Å². The molecule has 20 heavy (non-hydrogen) atoms. The maximum absolute atomic E-state index is 10.5. The molecule has 0 fully saturated rings. The molecule has 0 unspecified atom stereocenters. The van der Waals surface area contributed by atoms with Gasteiger partial charge in [-0.25, -0.2) is 0 Å². The van der Waals surface area contributed by atoms with E-state index in [1.54, 1.807) is 12.1 Å². The highest BCUT2D eigenvalue weighted by Gasteiger charge is 2.04. The molecule has 0 amide bonds. The molecular formula is C15H18N2O2S. The molecule has 0 aliphatic rings. The van der Waals surface area contributed by atoms with Crippen molar-refractivity contribution in [1.82, 2.24) is 0 Å². The van der Waals surface area contributed by atoms with Crippen molar-refractivity contribution >= 4 is 23.3 Å². The molecule has 1 N–H and O–H groups in total. The van der Waals surface area contributed by atoms with Crippen LogP contribution in [0, 0.1) is 17.0 Å². The monoisotopic (exact) mass is 290 g/mol. The van der Waals surface area contributed by atoms with Gasteiger partial charge < -0.3 is 4.72 Å². The zero-order chi connectivity index (χ0) is 15.0. The topological polar surface area (TPSA) is 55.2 Å². The summed E-state index contributed by atoms with van der Waals surface area (Å²) < 4.78 is 3.20. The van der Waals surface area contributed by atoms with Crippen LogP contribution in [0.3, 0.4) is 0 Å². The summed E-state index contributed by atoms with van der Waals surface area (Å²) in [7, 11) is 0. The van der Waals surface area contributed by atoms with E-state index in [-0.39, 0.29) is 5.69 Å². The second kappa shape index (κ2) is 8.22. The Morgan fingerprint density at radius 2 is 1.75 bits per heavy atom. The summed E-state index contributed by atoms with van der Waals surface area (Å²) >= 11 is 1.43. The molecule has 4 nitrogen and oxygen atoms in total. The lowest BCUT2D eigenvalue weighted by atomic mass is 10.2. The second-order valence-corrected chi connectivity index (χ2v) is 4.70. The summed E-state index contributed by atoms with van der Waals surface area (Å²) in [5.74, 6) is 0. The van der Waals surface area contributed by atoms with E-state index in [9.17, 15) is 10.1 Å². The molecule has 5 heteroatoms. The Labute approximate surface area is 123 Å². The lowest BCUT2D eigenvalue weighted by Gasteiger charge is -2.05. The molecule has 0 heterocycles. The van der Waals surface area contributed by atoms with Crippen LogP contribution in [-0.2, 0) is 0 Å². The molecule has 0 atom stereocenters. The van der Waals surface area contributed by atoms with Crippen LogP contribution in [0.5, 0.6) is 0 Å². The number of hydrogen-bond donors (Lipinski definition) is 1. The fourth-order valence-electron chi connectivity index (χ4n) is 1.46. The van der Waals surface area contributed by atoms with Crippen molar-refractivity contribution in [3.8, 4) is 0 Å². The largest absolute Gasteiger partial charge is 0.326 e. The molecular weight excluding hydrogens is 272 g/mol. The van der Waals surface area contributed by atoms with Gasteiger partial charge in [0.15, 0.2) is 0 Å². The van der Waals surface area contributed by atoms with Crippen LogP contribution in [0.4, 0.5) is 11.4 Å². The Morgan fingerprint density at radius 1 is 1.10 bits per heavy atom. The van der Waals surface area contributed by atoms with Crippen molar-refractivity contribution < 1.29 is 4.92 Å². The highest BCUT2D eigenvalue weighted by molar-refractivity contribution is 8.00. The molecule has 0 bridgehead atoms. The van der Waals surface area contributed by atoms with Crippen molar-refractivity contribution in [1.29, 1.82) is 0 Å². The van der Waals surface area contributed by atoms with Crippen molar-refractivity contribution in [2.75, 3.05) is 4.72 Å². The summed E-state index contributed by atoms with van der Waals surface area (Å²) in [5, 5.41) is 10.5. The Balaban J connectivity index is 0.000000956. The molecule has 0 radical (unpaired) electrons. The summed E-state index contributed by atoms with van der Waals surface area (Å²) in [6.07, 6.45) is 0. The first kappa shape index (κ1) is 16.0. The molecule has 0 aliphatic carbocycles. The van der Waals surface area contributed by atoms with E-state index in [0.717, 1.165) is 10.6 Å². The standard InChI is InChI=1S/C13H12N2O2S.C2H6/c1-10-3-2-4-11(9-10)14-18-13-7-5-12(6-8-13)15(16)17;1-2/h2-9,14H,1H3;1-2H3. The predicted molar refractivity (Wildman–Crippen MR) is 85.1 cm³/mol. The maximum Gasteiger partial charge on any atom is 0.269 e. The van der Waals surface area contributed by atoms with E-state index in [0.29, 0.717) is 0 Å². The van der Waals surface area contributed by atoms with Gasteiger partial charge in [0.25, 0.3) is 5.69 Å². The lowest BCUT2D eigenvalue weighted by molar-refractivity contribution is -0.384. The van der Waals surface area contributed by atoms with Crippen LogP contribution in [-0.4, -0.2) is 4.92 Å². The normalized spacial score (nSPS) is 9.35. The molecule has 0 aliphatic heterocycles. The first-order valence-electron chi connectivity index (χ1n) is 6.39. The third kappa shape index (κ3) is 4.93. The van der Waals surface area contributed by atoms with Gasteiger partial charge in [-0.1, -0.05) is 26.0 Å². The van der Waals surface area contributed by atoms with Crippen LogP contribution < -0.4 is 4.72 Å². The van der Waals surface area contributed by atoms with Crippen molar-refractivity contribution in [2.24, 2.45) is 0 Å². The van der Waals surface area contributed by atoms with E-state index in [1.807, 2.05) is 45.0 Å². The molecule has 0 aromatic heterocycles. The Bertz CT molecular complexity index is 556. The minimum atomic E-state index is -0.400. The minimum Gasteiger partial charge on any atom is -0.326 e. The summed E-state index contributed by atoms with van der Waals surface area (Å²) in [4.78, 5) is 11.0. The zero-order valence-corrected chi connectivity index (χ0v) is 12.6. The smallest absolute Gasteiger partial charge is 0.269 e. The highest BCUT2D eigenvalue weighted by Crippen LogP contribution is 2.23. The molecule has 0 spiro atoms. The van der Waals surface area contributed by atoms with Crippen molar-refractivity contribution in [2.45, 2.75) is 25.7 Å². The van der Waals surface area contributed by atoms with Crippen molar-refractivity contribution in [3.63, 3.8) is 0 Å². The number of non-ortho nitro benzene ring substituents is 1. The summed E-state index contributed by atoms with van der Waals surface area (Å²) in [6, 6.07) is 14.5. The number of nitro benzene ring substituents is 1. The van der Waals surface area contributed by atoms with Gasteiger partial charge in [-0.05, 0) is 48.7 Å². The number of nitrogens with zero attached hydrogens (tertiary/aromatic N) is 1. The number of benzene rings is 2.